The monoisotopic (exact) mass is 392 g/mol. The molecule has 0 fully saturated rings. The molecule has 1 atom stereocenters. The lowest BCUT2D eigenvalue weighted by molar-refractivity contribution is -0.302. The summed E-state index contributed by atoms with van der Waals surface area (Å²) in [6, 6.07) is 2.53. The van der Waals surface area contributed by atoms with Crippen LogP contribution in [0.5, 0.6) is 5.75 Å². The van der Waals surface area contributed by atoms with Crippen LogP contribution < -0.4 is 10.5 Å². The van der Waals surface area contributed by atoms with Crippen LogP contribution in [0.2, 0.25) is 0 Å². The molecule has 1 unspecified atom stereocenters. The summed E-state index contributed by atoms with van der Waals surface area (Å²) in [5, 5.41) is 10.4. The van der Waals surface area contributed by atoms with Crippen molar-refractivity contribution in [1.29, 1.82) is 0 Å². The van der Waals surface area contributed by atoms with Gasteiger partial charge in [-0.3, -0.25) is 0 Å². The lowest BCUT2D eigenvalue weighted by Gasteiger charge is -2.42. The number of alkyl halides is 3. The Morgan fingerprint density at radius 3 is 1.81 bits per heavy atom. The molecular formula is C20H35F3N2O2. The summed E-state index contributed by atoms with van der Waals surface area (Å²) in [7, 11) is 5.35. The quantitative estimate of drug-likeness (QED) is 0.576. The summed E-state index contributed by atoms with van der Waals surface area (Å²) in [4.78, 5) is 2.12. The van der Waals surface area contributed by atoms with Crippen molar-refractivity contribution in [2.45, 2.75) is 46.4 Å². The van der Waals surface area contributed by atoms with Crippen LogP contribution in [0.15, 0.2) is 25.3 Å². The van der Waals surface area contributed by atoms with Gasteiger partial charge in [0.1, 0.15) is 5.75 Å². The molecule has 4 nitrogen and oxygen atoms in total. The average molecular weight is 393 g/mol. The minimum absolute atomic E-state index is 0.0807. The van der Waals surface area contributed by atoms with Gasteiger partial charge in [0.2, 0.25) is 0 Å². The fourth-order valence-electron chi connectivity index (χ4n) is 2.14. The molecule has 158 valence electrons. The molecule has 3 N–H and O–H groups in total. The Labute approximate surface area is 161 Å². The second kappa shape index (κ2) is 10.6. The van der Waals surface area contributed by atoms with Crippen molar-refractivity contribution in [1.82, 2.24) is 4.90 Å². The van der Waals surface area contributed by atoms with Crippen molar-refractivity contribution in [3.8, 4) is 5.75 Å². The smallest absolute Gasteiger partial charge is 0.422 e. The van der Waals surface area contributed by atoms with Gasteiger partial charge in [-0.05, 0) is 39.2 Å². The van der Waals surface area contributed by atoms with Gasteiger partial charge < -0.3 is 20.5 Å². The third kappa shape index (κ3) is 6.74. The lowest BCUT2D eigenvalue weighted by atomic mass is 9.71. The zero-order valence-corrected chi connectivity index (χ0v) is 17.8. The van der Waals surface area contributed by atoms with Gasteiger partial charge in [0, 0.05) is 22.7 Å². The first-order chi connectivity index (χ1) is 12.1. The molecule has 0 saturated heterocycles. The van der Waals surface area contributed by atoms with Crippen LogP contribution in [-0.2, 0) is 5.60 Å². The highest BCUT2D eigenvalue weighted by Gasteiger charge is 2.62. The van der Waals surface area contributed by atoms with E-state index in [1.807, 2.05) is 0 Å². The van der Waals surface area contributed by atoms with Crippen LogP contribution in [0.4, 0.5) is 18.9 Å². The predicted octanol–water partition coefficient (Wildman–Crippen LogP) is 4.75. The van der Waals surface area contributed by atoms with Crippen molar-refractivity contribution in [3.63, 3.8) is 0 Å². The van der Waals surface area contributed by atoms with E-state index in [1.165, 1.54) is 40.0 Å². The van der Waals surface area contributed by atoms with E-state index in [9.17, 15) is 18.3 Å². The number of nitrogens with two attached hydrogens (primary N) is 1. The van der Waals surface area contributed by atoms with E-state index in [0.717, 1.165) is 6.54 Å². The third-order valence-electron chi connectivity index (χ3n) is 4.11. The van der Waals surface area contributed by atoms with E-state index in [4.69, 9.17) is 10.5 Å². The van der Waals surface area contributed by atoms with Crippen molar-refractivity contribution < 1.29 is 23.0 Å². The molecule has 0 saturated carbocycles. The molecule has 1 rings (SSSR count). The van der Waals surface area contributed by atoms with Crippen LogP contribution in [0, 0.1) is 12.3 Å². The molecule has 1 aromatic rings. The number of rotatable bonds is 3. The fourth-order valence-corrected chi connectivity index (χ4v) is 2.14. The van der Waals surface area contributed by atoms with E-state index in [-0.39, 0.29) is 11.3 Å². The molecule has 0 heterocycles. The number of benzene rings is 1. The standard InChI is InChI=1S/C14H20F3NO2.C4H11N.C2H4/c1-8-6-9(11(20-5)7-10(8)18)13(19,12(2,3)4)14(15,16)17;1-4-5(2)3;1-2/h6-7,19H,18H2,1-5H3;4H2,1-3H3;1-2H2. The van der Waals surface area contributed by atoms with Gasteiger partial charge in [-0.2, -0.15) is 13.2 Å². The zero-order chi connectivity index (χ0) is 22.2. The molecule has 0 aliphatic rings. The summed E-state index contributed by atoms with van der Waals surface area (Å²) in [5.74, 6) is -0.0807. The van der Waals surface area contributed by atoms with E-state index < -0.39 is 17.2 Å². The second-order valence-electron chi connectivity index (χ2n) is 7.26. The topological polar surface area (TPSA) is 58.7 Å². The summed E-state index contributed by atoms with van der Waals surface area (Å²) >= 11 is 0. The number of aryl methyl sites for hydroxylation is 1. The number of nitrogen functional groups attached to an aromatic ring is 1. The largest absolute Gasteiger partial charge is 0.496 e. The molecule has 0 aliphatic carbocycles. The van der Waals surface area contributed by atoms with E-state index in [1.54, 1.807) is 6.92 Å². The van der Waals surface area contributed by atoms with Crippen LogP contribution in [-0.4, -0.2) is 43.9 Å². The predicted molar refractivity (Wildman–Crippen MR) is 107 cm³/mol. The molecule has 1 aromatic carbocycles. The summed E-state index contributed by atoms with van der Waals surface area (Å²) in [6.07, 6.45) is -4.85. The second-order valence-corrected chi connectivity index (χ2v) is 7.26. The summed E-state index contributed by atoms with van der Waals surface area (Å²) in [6.45, 7) is 14.8. The number of ether oxygens (including phenoxy) is 1. The molecule has 0 aromatic heterocycles. The van der Waals surface area contributed by atoms with E-state index in [2.05, 4.69) is 39.1 Å². The van der Waals surface area contributed by atoms with Gasteiger partial charge >= 0.3 is 6.18 Å². The third-order valence-corrected chi connectivity index (χ3v) is 4.11. The van der Waals surface area contributed by atoms with Gasteiger partial charge in [-0.25, -0.2) is 0 Å². The number of anilines is 1. The van der Waals surface area contributed by atoms with E-state index >= 15 is 0 Å². The normalized spacial score (nSPS) is 13.7. The zero-order valence-electron chi connectivity index (χ0n) is 17.8. The minimum Gasteiger partial charge on any atom is -0.496 e. The van der Waals surface area contributed by atoms with Crippen molar-refractivity contribution >= 4 is 5.69 Å². The van der Waals surface area contributed by atoms with Crippen LogP contribution >= 0.6 is 0 Å². The maximum Gasteiger partial charge on any atom is 0.422 e. The van der Waals surface area contributed by atoms with Crippen LogP contribution in [0.1, 0.15) is 38.8 Å². The number of hydrogen-bond acceptors (Lipinski definition) is 4. The summed E-state index contributed by atoms with van der Waals surface area (Å²) < 4.78 is 45.5. The maximum absolute atomic E-state index is 13.5. The Kier molecular flexibility index (Phi) is 10.8. The Hall–Kier alpha value is -1.73. The number of nitrogens with zero attached hydrogens (tertiary/aromatic N) is 1. The van der Waals surface area contributed by atoms with Crippen molar-refractivity contribution in [2.75, 3.05) is 33.5 Å². The highest BCUT2D eigenvalue weighted by atomic mass is 19.4. The van der Waals surface area contributed by atoms with Crippen LogP contribution in [0.25, 0.3) is 0 Å². The molecule has 0 bridgehead atoms. The van der Waals surface area contributed by atoms with Gasteiger partial charge in [0.25, 0.3) is 0 Å². The molecule has 7 heteroatoms. The molecule has 27 heavy (non-hydrogen) atoms. The number of hydrogen-bond donors (Lipinski definition) is 2. The Bertz CT molecular complexity index is 566. The van der Waals surface area contributed by atoms with Gasteiger partial charge in [-0.15, -0.1) is 13.2 Å². The number of methoxy groups -OCH3 is 1. The first-order valence-electron chi connectivity index (χ1n) is 8.51. The Morgan fingerprint density at radius 2 is 1.56 bits per heavy atom. The first-order valence-corrected chi connectivity index (χ1v) is 8.51. The molecule has 0 aliphatic heterocycles. The van der Waals surface area contributed by atoms with Gasteiger partial charge in [0.05, 0.1) is 7.11 Å². The summed E-state index contributed by atoms with van der Waals surface area (Å²) in [5.41, 5.74) is 1.61. The Balaban J connectivity index is 0. The van der Waals surface area contributed by atoms with Crippen LogP contribution in [0.3, 0.4) is 0 Å². The average Bonchev–Trinajstić information content (AvgIpc) is 2.56. The molecular weight excluding hydrogens is 357 g/mol. The molecule has 0 amide bonds. The SMILES string of the molecule is C=C.CCN(C)C.COc1cc(N)c(C)cc1C(O)(C(C)(C)C)C(F)(F)F. The van der Waals surface area contributed by atoms with Crippen molar-refractivity contribution in [2.24, 2.45) is 5.41 Å². The van der Waals surface area contributed by atoms with E-state index in [0.29, 0.717) is 11.3 Å². The highest BCUT2D eigenvalue weighted by molar-refractivity contribution is 5.56. The molecule has 0 radical (unpaired) electrons. The number of aliphatic hydroxyl groups is 1. The van der Waals surface area contributed by atoms with Gasteiger partial charge in [0.15, 0.2) is 5.60 Å². The first kappa shape index (κ1) is 27.5. The number of halogens is 3. The minimum atomic E-state index is -4.85. The maximum atomic E-state index is 13.5. The van der Waals surface area contributed by atoms with Gasteiger partial charge in [-0.1, -0.05) is 27.7 Å². The molecule has 0 spiro atoms. The fraction of sp³-hybridized carbons (Fsp3) is 0.600. The highest BCUT2D eigenvalue weighted by Crippen LogP contribution is 2.53. The Morgan fingerprint density at radius 1 is 1.15 bits per heavy atom. The lowest BCUT2D eigenvalue weighted by Crippen LogP contribution is -2.52. The van der Waals surface area contributed by atoms with Crippen molar-refractivity contribution in [3.05, 3.63) is 36.4 Å².